The number of aryl methyl sites for hydroxylation is 1. The molecule has 0 saturated carbocycles. The predicted molar refractivity (Wildman–Crippen MR) is 75.6 cm³/mol. The lowest BCUT2D eigenvalue weighted by Crippen LogP contribution is -2.44. The fraction of sp³-hybridized carbons (Fsp3) is 0.467. The number of halogens is 1. The molecule has 0 aliphatic heterocycles. The Balaban J connectivity index is 2.79. The summed E-state index contributed by atoms with van der Waals surface area (Å²) in [4.78, 5) is 22.9. The Bertz CT molecular complexity index is 537. The van der Waals surface area contributed by atoms with E-state index in [-0.39, 0.29) is 12.2 Å². The molecule has 0 spiro atoms. The summed E-state index contributed by atoms with van der Waals surface area (Å²) in [6.07, 6.45) is -0.740. The molecular weight excluding hydrogens is 277 g/mol. The van der Waals surface area contributed by atoms with Gasteiger partial charge in [0, 0.05) is 6.42 Å². The van der Waals surface area contributed by atoms with Gasteiger partial charge in [0.05, 0.1) is 0 Å². The van der Waals surface area contributed by atoms with Gasteiger partial charge in [0.15, 0.2) is 0 Å². The van der Waals surface area contributed by atoms with Crippen molar-refractivity contribution in [3.8, 4) is 0 Å². The van der Waals surface area contributed by atoms with Crippen LogP contribution in [0.5, 0.6) is 0 Å². The Labute approximate surface area is 123 Å². The Morgan fingerprint density at radius 1 is 1.38 bits per heavy atom. The summed E-state index contributed by atoms with van der Waals surface area (Å²) in [7, 11) is 0. The van der Waals surface area contributed by atoms with Crippen LogP contribution in [0.15, 0.2) is 18.2 Å². The summed E-state index contributed by atoms with van der Waals surface area (Å²) in [5, 5.41) is 11.5. The molecule has 1 rings (SSSR count). The molecule has 0 saturated heterocycles. The van der Waals surface area contributed by atoms with E-state index >= 15 is 0 Å². The third kappa shape index (κ3) is 5.81. The van der Waals surface area contributed by atoms with Crippen LogP contribution >= 0.6 is 0 Å². The van der Waals surface area contributed by atoms with Crippen molar-refractivity contribution in [2.45, 2.75) is 45.8 Å². The van der Waals surface area contributed by atoms with Crippen LogP contribution in [0.4, 0.5) is 9.18 Å². The summed E-state index contributed by atoms with van der Waals surface area (Å²) < 4.78 is 18.1. The van der Waals surface area contributed by atoms with Gasteiger partial charge >= 0.3 is 12.1 Å². The lowest BCUT2D eigenvalue weighted by Gasteiger charge is -2.22. The summed E-state index contributed by atoms with van der Waals surface area (Å²) in [6.45, 7) is 6.75. The molecule has 2 N–H and O–H groups in total. The SMILES string of the molecule is Cc1cc(F)ccc1C[C@H](NC(=O)OC(C)(C)C)C(=O)O. The lowest BCUT2D eigenvalue weighted by molar-refractivity contribution is -0.139. The number of ether oxygens (including phenoxy) is 1. The van der Waals surface area contributed by atoms with Crippen molar-refractivity contribution in [1.82, 2.24) is 5.32 Å². The standard InChI is InChI=1S/C15H20FNO4/c1-9-7-11(16)6-5-10(9)8-12(13(18)19)17-14(20)21-15(2,3)4/h5-7,12H,8H2,1-4H3,(H,17,20)(H,18,19)/t12-/m0/s1. The van der Waals surface area contributed by atoms with Gasteiger partial charge in [0.25, 0.3) is 0 Å². The molecule has 1 atom stereocenters. The number of amides is 1. The van der Waals surface area contributed by atoms with E-state index in [1.165, 1.54) is 18.2 Å². The molecule has 0 aromatic heterocycles. The predicted octanol–water partition coefficient (Wildman–Crippen LogP) is 2.65. The van der Waals surface area contributed by atoms with Crippen LogP contribution in [0.25, 0.3) is 0 Å². The second-order valence-electron chi connectivity index (χ2n) is 5.81. The molecule has 0 fully saturated rings. The molecule has 0 aliphatic rings. The minimum Gasteiger partial charge on any atom is -0.480 e. The van der Waals surface area contributed by atoms with Gasteiger partial charge in [-0.25, -0.2) is 14.0 Å². The van der Waals surface area contributed by atoms with Crippen molar-refractivity contribution in [3.63, 3.8) is 0 Å². The topological polar surface area (TPSA) is 75.6 Å². The number of carboxylic acid groups (broad SMARTS) is 1. The smallest absolute Gasteiger partial charge is 0.408 e. The summed E-state index contributed by atoms with van der Waals surface area (Å²) in [5.74, 6) is -1.56. The van der Waals surface area contributed by atoms with Gasteiger partial charge in [-0.15, -0.1) is 0 Å². The molecule has 0 radical (unpaired) electrons. The van der Waals surface area contributed by atoms with E-state index in [0.717, 1.165) is 0 Å². The second kappa shape index (κ2) is 6.56. The minimum absolute atomic E-state index is 0.0562. The number of aliphatic carboxylic acids is 1. The maximum atomic E-state index is 13.0. The third-order valence-corrected chi connectivity index (χ3v) is 2.72. The molecule has 1 aromatic carbocycles. The van der Waals surface area contributed by atoms with Crippen LogP contribution in [0.3, 0.4) is 0 Å². The zero-order valence-electron chi connectivity index (χ0n) is 12.6. The third-order valence-electron chi connectivity index (χ3n) is 2.72. The Hall–Kier alpha value is -2.11. The average Bonchev–Trinajstić information content (AvgIpc) is 2.28. The number of benzene rings is 1. The maximum Gasteiger partial charge on any atom is 0.408 e. The van der Waals surface area contributed by atoms with Crippen molar-refractivity contribution in [2.24, 2.45) is 0 Å². The van der Waals surface area contributed by atoms with Gasteiger partial charge in [-0.2, -0.15) is 0 Å². The first kappa shape index (κ1) is 16.9. The molecule has 0 heterocycles. The number of carbonyl (C=O) groups is 2. The molecule has 21 heavy (non-hydrogen) atoms. The highest BCUT2D eigenvalue weighted by atomic mass is 19.1. The van der Waals surface area contributed by atoms with Crippen LogP contribution in [-0.2, 0) is 16.0 Å². The lowest BCUT2D eigenvalue weighted by atomic mass is 10.0. The van der Waals surface area contributed by atoms with E-state index in [1.54, 1.807) is 27.7 Å². The van der Waals surface area contributed by atoms with Crippen LogP contribution in [0, 0.1) is 12.7 Å². The molecule has 116 valence electrons. The fourth-order valence-corrected chi connectivity index (χ4v) is 1.76. The van der Waals surface area contributed by atoms with Crippen LogP contribution in [0.1, 0.15) is 31.9 Å². The molecule has 6 heteroatoms. The van der Waals surface area contributed by atoms with E-state index in [2.05, 4.69) is 5.32 Å². The van der Waals surface area contributed by atoms with Crippen LogP contribution in [-0.4, -0.2) is 28.8 Å². The first-order chi connectivity index (χ1) is 9.58. The quantitative estimate of drug-likeness (QED) is 0.896. The summed E-state index contributed by atoms with van der Waals surface area (Å²) in [6, 6.07) is 2.96. The number of alkyl carbamates (subject to hydrolysis) is 1. The molecule has 1 amide bonds. The normalized spacial score (nSPS) is 12.6. The largest absolute Gasteiger partial charge is 0.480 e. The van der Waals surface area contributed by atoms with Gasteiger partial charge < -0.3 is 15.2 Å². The van der Waals surface area contributed by atoms with Gasteiger partial charge in [-0.05, 0) is 51.0 Å². The highest BCUT2D eigenvalue weighted by molar-refractivity contribution is 5.80. The first-order valence-electron chi connectivity index (χ1n) is 6.56. The summed E-state index contributed by atoms with van der Waals surface area (Å²) in [5.41, 5.74) is 0.575. The van der Waals surface area contributed by atoms with Crippen LogP contribution < -0.4 is 5.32 Å². The Kier molecular flexibility index (Phi) is 5.29. The number of carbonyl (C=O) groups excluding carboxylic acids is 1. The highest BCUT2D eigenvalue weighted by Gasteiger charge is 2.24. The fourth-order valence-electron chi connectivity index (χ4n) is 1.76. The van der Waals surface area contributed by atoms with E-state index in [9.17, 15) is 19.1 Å². The second-order valence-corrected chi connectivity index (χ2v) is 5.81. The molecule has 0 unspecified atom stereocenters. The molecule has 5 nitrogen and oxygen atoms in total. The number of rotatable bonds is 4. The van der Waals surface area contributed by atoms with Gasteiger partial charge in [0.2, 0.25) is 0 Å². The molecule has 0 aliphatic carbocycles. The van der Waals surface area contributed by atoms with Gasteiger partial charge in [0.1, 0.15) is 17.5 Å². The monoisotopic (exact) mass is 297 g/mol. The van der Waals surface area contributed by atoms with E-state index in [4.69, 9.17) is 4.74 Å². The van der Waals surface area contributed by atoms with Crippen molar-refractivity contribution in [2.75, 3.05) is 0 Å². The number of hydrogen-bond acceptors (Lipinski definition) is 3. The van der Waals surface area contributed by atoms with E-state index < -0.39 is 23.7 Å². The molecule has 0 bridgehead atoms. The van der Waals surface area contributed by atoms with E-state index in [0.29, 0.717) is 11.1 Å². The summed E-state index contributed by atoms with van der Waals surface area (Å²) >= 11 is 0. The van der Waals surface area contributed by atoms with Gasteiger partial charge in [-0.1, -0.05) is 6.07 Å². The Morgan fingerprint density at radius 2 is 2.00 bits per heavy atom. The van der Waals surface area contributed by atoms with Crippen LogP contribution in [0.2, 0.25) is 0 Å². The van der Waals surface area contributed by atoms with Crippen molar-refractivity contribution in [3.05, 3.63) is 35.1 Å². The molecule has 1 aromatic rings. The minimum atomic E-state index is -1.18. The first-order valence-corrected chi connectivity index (χ1v) is 6.56. The van der Waals surface area contributed by atoms with Crippen molar-refractivity contribution < 1.29 is 23.8 Å². The number of carboxylic acids is 1. The zero-order chi connectivity index (χ0) is 16.2. The van der Waals surface area contributed by atoms with E-state index in [1.807, 2.05) is 0 Å². The average molecular weight is 297 g/mol. The van der Waals surface area contributed by atoms with Gasteiger partial charge in [-0.3, -0.25) is 0 Å². The maximum absolute atomic E-state index is 13.0. The Morgan fingerprint density at radius 3 is 2.48 bits per heavy atom. The van der Waals surface area contributed by atoms with Crippen molar-refractivity contribution in [1.29, 1.82) is 0 Å². The number of hydrogen-bond donors (Lipinski definition) is 2. The van der Waals surface area contributed by atoms with Crippen molar-refractivity contribution >= 4 is 12.1 Å². The zero-order valence-corrected chi connectivity index (χ0v) is 12.6. The highest BCUT2D eigenvalue weighted by Crippen LogP contribution is 2.13. The molecular formula is C15H20FNO4. The number of nitrogens with one attached hydrogen (secondary N) is 1.